The minimum absolute atomic E-state index is 0.275. The number of rotatable bonds is 21. The van der Waals surface area contributed by atoms with E-state index in [2.05, 4.69) is 0 Å². The molecule has 3 aromatic rings. The van der Waals surface area contributed by atoms with Crippen LogP contribution in [0.5, 0.6) is 17.2 Å². The number of hydrogen-bond donors (Lipinski definition) is 0. The van der Waals surface area contributed by atoms with Crippen molar-refractivity contribution in [2.75, 3.05) is 87.9 Å². The molecule has 0 fully saturated rings. The Morgan fingerprint density at radius 1 is 0.333 bits per heavy atom. The molecule has 3 heterocycles. The van der Waals surface area contributed by atoms with E-state index in [0.717, 1.165) is 14.7 Å². The fourth-order valence-electron chi connectivity index (χ4n) is 5.26. The summed E-state index contributed by atoms with van der Waals surface area (Å²) in [6, 6.07) is 20.0. The average molecular weight is 784 g/mol. The van der Waals surface area contributed by atoms with Crippen LogP contribution >= 0.6 is 0 Å². The molecule has 298 valence electrons. The number of amides is 6. The molecule has 3 aliphatic rings. The van der Waals surface area contributed by atoms with Gasteiger partial charge in [-0.3, -0.25) is 28.8 Å². The maximum absolute atomic E-state index is 11.7. The van der Waals surface area contributed by atoms with Gasteiger partial charge in [0, 0.05) is 43.6 Å². The Bertz CT molecular complexity index is 1820. The maximum atomic E-state index is 11.7. The Balaban J connectivity index is 0.000000219. The van der Waals surface area contributed by atoms with Crippen molar-refractivity contribution in [2.24, 2.45) is 0 Å². The number of hydrogen-bond acceptors (Lipinski definition) is 13. The molecular weight excluding hydrogens is 742 g/mol. The Morgan fingerprint density at radius 3 is 0.825 bits per heavy atom. The molecule has 0 radical (unpaired) electrons. The molecule has 6 amide bonds. The quantitative estimate of drug-likeness (QED) is 0.114. The molecule has 0 aromatic heterocycles. The molecule has 0 saturated carbocycles. The van der Waals surface area contributed by atoms with E-state index in [4.69, 9.17) is 33.2 Å². The SMILES string of the molecule is COCCOCCOCCOCCOc1ccc(N2C(=O)C=CC2=O)cc1.O=C1C=CC(=O)N1c1ccc(OCCOc2ccc(N3C(=O)C=CC3=O)cc2)cc1. The Hall–Kier alpha value is -6.46. The molecule has 0 N–H and O–H groups in total. The second-order valence-electron chi connectivity index (χ2n) is 11.9. The van der Waals surface area contributed by atoms with Crippen molar-refractivity contribution in [3.05, 3.63) is 109 Å². The summed E-state index contributed by atoms with van der Waals surface area (Å²) in [4.78, 5) is 73.2. The molecule has 0 aliphatic carbocycles. The lowest BCUT2D eigenvalue weighted by Crippen LogP contribution is -2.29. The topological polar surface area (TPSA) is 177 Å². The zero-order valence-electron chi connectivity index (χ0n) is 31.1. The summed E-state index contributed by atoms with van der Waals surface area (Å²) in [7, 11) is 1.63. The summed E-state index contributed by atoms with van der Waals surface area (Å²) in [6.45, 7) is 4.55. The van der Waals surface area contributed by atoms with Gasteiger partial charge >= 0.3 is 0 Å². The van der Waals surface area contributed by atoms with Crippen molar-refractivity contribution in [3.63, 3.8) is 0 Å². The van der Waals surface area contributed by atoms with Gasteiger partial charge in [-0.05, 0) is 72.8 Å². The first-order valence-corrected chi connectivity index (χ1v) is 17.8. The minimum atomic E-state index is -0.372. The van der Waals surface area contributed by atoms with Crippen LogP contribution in [0.25, 0.3) is 0 Å². The second kappa shape index (κ2) is 21.6. The monoisotopic (exact) mass is 783 g/mol. The van der Waals surface area contributed by atoms with Crippen molar-refractivity contribution < 1.29 is 61.9 Å². The predicted octanol–water partition coefficient (Wildman–Crippen LogP) is 3.19. The van der Waals surface area contributed by atoms with Gasteiger partial charge in [-0.15, -0.1) is 0 Å². The molecule has 3 aliphatic heterocycles. The number of imide groups is 3. The number of nitrogens with zero attached hydrogens (tertiary/aromatic N) is 3. The van der Waals surface area contributed by atoms with Crippen LogP contribution in [-0.2, 0) is 47.7 Å². The van der Waals surface area contributed by atoms with Crippen LogP contribution in [0.2, 0.25) is 0 Å². The standard InChI is InChI=1S/C22H16N2O6.C19H25NO7/c25-19-9-10-20(26)23(19)15-1-5-17(6-2-15)29-13-14-30-18-7-3-16(4-8-18)24-21(27)11-12-22(24)28;1-23-8-9-24-10-11-25-12-13-26-14-15-27-17-4-2-16(3-5-17)20-18(21)6-7-19(20)22/h1-12H,13-14H2;2-7H,8-15H2,1H3. The Morgan fingerprint density at radius 2 is 0.561 bits per heavy atom. The molecule has 0 atom stereocenters. The lowest BCUT2D eigenvalue weighted by molar-refractivity contribution is -0.121. The van der Waals surface area contributed by atoms with E-state index in [0.29, 0.717) is 87.2 Å². The lowest BCUT2D eigenvalue weighted by Gasteiger charge is -2.15. The normalized spacial score (nSPS) is 14.6. The molecule has 0 unspecified atom stereocenters. The van der Waals surface area contributed by atoms with E-state index < -0.39 is 0 Å². The van der Waals surface area contributed by atoms with Crippen molar-refractivity contribution >= 4 is 52.5 Å². The summed E-state index contributed by atoms with van der Waals surface area (Å²) in [6.07, 6.45) is 7.43. The van der Waals surface area contributed by atoms with Gasteiger partial charge in [0.25, 0.3) is 35.4 Å². The van der Waals surface area contributed by atoms with Crippen LogP contribution in [0.3, 0.4) is 0 Å². The number of anilines is 3. The molecule has 0 saturated heterocycles. The molecule has 16 heteroatoms. The van der Waals surface area contributed by atoms with Crippen LogP contribution in [0.1, 0.15) is 0 Å². The first-order valence-electron chi connectivity index (χ1n) is 17.8. The van der Waals surface area contributed by atoms with Gasteiger partial charge in [0.2, 0.25) is 0 Å². The molecule has 3 aromatic carbocycles. The lowest BCUT2D eigenvalue weighted by atomic mass is 10.2. The number of benzene rings is 3. The van der Waals surface area contributed by atoms with Crippen molar-refractivity contribution in [2.45, 2.75) is 0 Å². The van der Waals surface area contributed by atoms with E-state index >= 15 is 0 Å². The molecule has 0 bridgehead atoms. The summed E-state index contributed by atoms with van der Waals surface area (Å²) < 4.78 is 37.7. The highest BCUT2D eigenvalue weighted by Crippen LogP contribution is 2.25. The highest BCUT2D eigenvalue weighted by Gasteiger charge is 2.26. The second-order valence-corrected chi connectivity index (χ2v) is 11.9. The summed E-state index contributed by atoms with van der Waals surface area (Å²) in [5.74, 6) is -0.390. The zero-order chi connectivity index (χ0) is 40.4. The highest BCUT2D eigenvalue weighted by atomic mass is 16.6. The fraction of sp³-hybridized carbons (Fsp3) is 0.268. The number of carbonyl (C=O) groups is 6. The third kappa shape index (κ3) is 12.3. The summed E-state index contributed by atoms with van der Waals surface area (Å²) in [5.41, 5.74) is 1.47. The van der Waals surface area contributed by atoms with Gasteiger partial charge in [0.1, 0.15) is 37.1 Å². The van der Waals surface area contributed by atoms with Crippen molar-refractivity contribution in [1.29, 1.82) is 0 Å². The zero-order valence-corrected chi connectivity index (χ0v) is 31.1. The van der Waals surface area contributed by atoms with Crippen molar-refractivity contribution in [3.8, 4) is 17.2 Å². The summed E-state index contributed by atoms with van der Waals surface area (Å²) >= 11 is 0. The third-order valence-corrected chi connectivity index (χ3v) is 8.01. The Labute approximate surface area is 328 Å². The van der Waals surface area contributed by atoms with Crippen LogP contribution in [0.15, 0.2) is 109 Å². The van der Waals surface area contributed by atoms with E-state index in [9.17, 15) is 28.8 Å². The van der Waals surface area contributed by atoms with E-state index in [1.807, 2.05) is 0 Å². The molecule has 57 heavy (non-hydrogen) atoms. The predicted molar refractivity (Wildman–Crippen MR) is 205 cm³/mol. The maximum Gasteiger partial charge on any atom is 0.258 e. The van der Waals surface area contributed by atoms with Gasteiger partial charge < -0.3 is 33.2 Å². The smallest absolute Gasteiger partial charge is 0.258 e. The first kappa shape index (κ1) is 41.7. The number of carbonyl (C=O) groups excluding carboxylic acids is 6. The van der Waals surface area contributed by atoms with Crippen LogP contribution < -0.4 is 28.9 Å². The van der Waals surface area contributed by atoms with Gasteiger partial charge in [-0.1, -0.05) is 0 Å². The average Bonchev–Trinajstić information content (AvgIpc) is 3.87. The molecular formula is C41H41N3O13. The first-order chi connectivity index (χ1) is 27.7. The third-order valence-electron chi connectivity index (χ3n) is 8.01. The van der Waals surface area contributed by atoms with E-state index in [1.165, 1.54) is 36.5 Å². The van der Waals surface area contributed by atoms with Crippen LogP contribution in [0.4, 0.5) is 17.1 Å². The van der Waals surface area contributed by atoms with Crippen LogP contribution in [0, 0.1) is 0 Å². The fourth-order valence-corrected chi connectivity index (χ4v) is 5.26. The number of ether oxygens (including phenoxy) is 7. The van der Waals surface area contributed by atoms with Crippen LogP contribution in [-0.4, -0.2) is 109 Å². The highest BCUT2D eigenvalue weighted by molar-refractivity contribution is 6.29. The van der Waals surface area contributed by atoms with Gasteiger partial charge in [-0.2, -0.15) is 0 Å². The molecule has 0 spiro atoms. The number of methoxy groups -OCH3 is 1. The van der Waals surface area contributed by atoms with Crippen molar-refractivity contribution in [1.82, 2.24) is 0 Å². The van der Waals surface area contributed by atoms with Gasteiger partial charge in [-0.25, -0.2) is 14.7 Å². The largest absolute Gasteiger partial charge is 0.491 e. The molecule has 6 rings (SSSR count). The Kier molecular flexibility index (Phi) is 15.8. The summed E-state index contributed by atoms with van der Waals surface area (Å²) in [5, 5.41) is 0. The van der Waals surface area contributed by atoms with Gasteiger partial charge in [0.05, 0.1) is 63.3 Å². The minimum Gasteiger partial charge on any atom is -0.491 e. The molecule has 16 nitrogen and oxygen atoms in total. The van der Waals surface area contributed by atoms with E-state index in [-0.39, 0.29) is 48.7 Å². The van der Waals surface area contributed by atoms with E-state index in [1.54, 1.807) is 79.9 Å². The van der Waals surface area contributed by atoms with Gasteiger partial charge in [0.15, 0.2) is 0 Å².